The Morgan fingerprint density at radius 1 is 1.23 bits per heavy atom. The molecule has 114 valence electrons. The quantitative estimate of drug-likeness (QED) is 0.751. The van der Waals surface area contributed by atoms with E-state index in [2.05, 4.69) is 41.3 Å². The molecule has 0 saturated carbocycles. The lowest BCUT2D eigenvalue weighted by Crippen LogP contribution is -2.18. The molecule has 0 unspecified atom stereocenters. The van der Waals surface area contributed by atoms with E-state index in [1.54, 1.807) is 6.07 Å². The Bertz CT molecular complexity index is 784. The Hall–Kier alpha value is -2.14. The maximum atomic E-state index is 13.2. The van der Waals surface area contributed by atoms with Crippen LogP contribution < -0.4 is 10.2 Å². The highest BCUT2D eigenvalue weighted by Crippen LogP contribution is 2.27. The Balaban J connectivity index is 1.79. The molecule has 2 aromatic carbocycles. The van der Waals surface area contributed by atoms with Crippen molar-refractivity contribution in [3.63, 3.8) is 0 Å². The van der Waals surface area contributed by atoms with Gasteiger partial charge in [-0.3, -0.25) is 0 Å². The summed E-state index contributed by atoms with van der Waals surface area (Å²) in [6, 6.07) is 13.0. The molecule has 5 heteroatoms. The van der Waals surface area contributed by atoms with Gasteiger partial charge in [0, 0.05) is 25.8 Å². The molecule has 0 aliphatic heterocycles. The van der Waals surface area contributed by atoms with Crippen molar-refractivity contribution in [2.45, 2.75) is 13.5 Å². The number of para-hydroxylation sites is 1. The number of nitrogens with zero attached hydrogens (tertiary/aromatic N) is 2. The van der Waals surface area contributed by atoms with E-state index < -0.39 is 0 Å². The van der Waals surface area contributed by atoms with E-state index in [0.717, 1.165) is 21.9 Å². The SMILES string of the molecule is CCN(C)c1ccccc1CNc1nc2ccc(F)cc2s1. The summed E-state index contributed by atoms with van der Waals surface area (Å²) in [7, 11) is 2.08. The van der Waals surface area contributed by atoms with Gasteiger partial charge in [0.25, 0.3) is 0 Å². The standard InChI is InChI=1S/C17H18FN3S/c1-3-21(2)15-7-5-4-6-12(15)11-19-17-20-14-9-8-13(18)10-16(14)22-17/h4-10H,3,11H2,1-2H3,(H,19,20). The number of aromatic nitrogens is 1. The molecule has 0 spiro atoms. The van der Waals surface area contributed by atoms with Crippen LogP contribution in [0.2, 0.25) is 0 Å². The fourth-order valence-corrected chi connectivity index (χ4v) is 3.23. The van der Waals surface area contributed by atoms with Crippen LogP contribution in [0.4, 0.5) is 15.2 Å². The lowest BCUT2D eigenvalue weighted by atomic mass is 10.1. The number of anilines is 2. The number of nitrogens with one attached hydrogen (secondary N) is 1. The van der Waals surface area contributed by atoms with Gasteiger partial charge >= 0.3 is 0 Å². The van der Waals surface area contributed by atoms with E-state index in [0.29, 0.717) is 6.54 Å². The lowest BCUT2D eigenvalue weighted by molar-refractivity contribution is 0.630. The van der Waals surface area contributed by atoms with Gasteiger partial charge in [-0.15, -0.1) is 0 Å². The van der Waals surface area contributed by atoms with Crippen molar-refractivity contribution in [3.05, 3.63) is 53.8 Å². The minimum Gasteiger partial charge on any atom is -0.375 e. The molecule has 0 fully saturated rings. The van der Waals surface area contributed by atoms with Crippen LogP contribution in [0.3, 0.4) is 0 Å². The molecule has 0 aliphatic carbocycles. The summed E-state index contributed by atoms with van der Waals surface area (Å²) in [6.45, 7) is 3.78. The average molecular weight is 315 g/mol. The third-order valence-electron chi connectivity index (χ3n) is 3.66. The highest BCUT2D eigenvalue weighted by Gasteiger charge is 2.08. The number of fused-ring (bicyclic) bond motifs is 1. The van der Waals surface area contributed by atoms with Gasteiger partial charge in [0.05, 0.1) is 10.2 Å². The molecule has 1 heterocycles. The minimum atomic E-state index is -0.224. The van der Waals surface area contributed by atoms with Crippen LogP contribution in [-0.2, 0) is 6.54 Å². The van der Waals surface area contributed by atoms with E-state index in [4.69, 9.17) is 0 Å². The summed E-state index contributed by atoms with van der Waals surface area (Å²) in [5.41, 5.74) is 3.26. The Morgan fingerprint density at radius 2 is 2.05 bits per heavy atom. The smallest absolute Gasteiger partial charge is 0.184 e. The number of benzene rings is 2. The monoisotopic (exact) mass is 315 g/mol. The fraction of sp³-hybridized carbons (Fsp3) is 0.235. The Morgan fingerprint density at radius 3 is 2.86 bits per heavy atom. The normalized spacial score (nSPS) is 10.9. The predicted molar refractivity (Wildman–Crippen MR) is 92.3 cm³/mol. The topological polar surface area (TPSA) is 28.2 Å². The largest absolute Gasteiger partial charge is 0.375 e. The van der Waals surface area contributed by atoms with E-state index in [1.807, 2.05) is 12.1 Å². The molecule has 22 heavy (non-hydrogen) atoms. The van der Waals surface area contributed by atoms with Crippen molar-refractivity contribution >= 4 is 32.4 Å². The molecule has 0 aliphatic rings. The van der Waals surface area contributed by atoms with Crippen LogP contribution in [0.25, 0.3) is 10.2 Å². The van der Waals surface area contributed by atoms with Gasteiger partial charge in [0.2, 0.25) is 0 Å². The van der Waals surface area contributed by atoms with Crippen molar-refractivity contribution < 1.29 is 4.39 Å². The van der Waals surface area contributed by atoms with Crippen LogP contribution in [0.1, 0.15) is 12.5 Å². The second kappa shape index (κ2) is 6.32. The van der Waals surface area contributed by atoms with Crippen molar-refractivity contribution in [3.8, 4) is 0 Å². The zero-order chi connectivity index (χ0) is 15.5. The summed E-state index contributed by atoms with van der Waals surface area (Å²) in [5, 5.41) is 4.16. The minimum absolute atomic E-state index is 0.224. The fourth-order valence-electron chi connectivity index (χ4n) is 2.35. The molecule has 0 amide bonds. The number of rotatable bonds is 5. The number of hydrogen-bond acceptors (Lipinski definition) is 4. The van der Waals surface area contributed by atoms with Gasteiger partial charge in [-0.05, 0) is 36.8 Å². The van der Waals surface area contributed by atoms with Crippen LogP contribution in [-0.4, -0.2) is 18.6 Å². The molecular formula is C17H18FN3S. The Labute approximate surface area is 133 Å². The molecule has 3 rings (SSSR count). The molecular weight excluding hydrogens is 297 g/mol. The molecule has 3 aromatic rings. The van der Waals surface area contributed by atoms with E-state index in [9.17, 15) is 4.39 Å². The van der Waals surface area contributed by atoms with E-state index >= 15 is 0 Å². The summed E-state index contributed by atoms with van der Waals surface area (Å²) >= 11 is 1.47. The van der Waals surface area contributed by atoms with E-state index in [-0.39, 0.29) is 5.82 Å². The van der Waals surface area contributed by atoms with Crippen molar-refractivity contribution in [2.24, 2.45) is 0 Å². The first-order valence-electron chi connectivity index (χ1n) is 7.26. The van der Waals surface area contributed by atoms with Gasteiger partial charge in [-0.2, -0.15) is 0 Å². The molecule has 1 aromatic heterocycles. The van der Waals surface area contributed by atoms with Crippen LogP contribution in [0.15, 0.2) is 42.5 Å². The molecule has 0 radical (unpaired) electrons. The number of halogens is 1. The van der Waals surface area contributed by atoms with Gasteiger partial charge in [-0.25, -0.2) is 9.37 Å². The van der Waals surface area contributed by atoms with Gasteiger partial charge in [0.15, 0.2) is 5.13 Å². The molecule has 0 bridgehead atoms. The van der Waals surface area contributed by atoms with Crippen molar-refractivity contribution in [2.75, 3.05) is 23.8 Å². The highest BCUT2D eigenvalue weighted by atomic mass is 32.1. The summed E-state index contributed by atoms with van der Waals surface area (Å²) < 4.78 is 14.1. The first-order valence-corrected chi connectivity index (χ1v) is 8.08. The van der Waals surface area contributed by atoms with Crippen molar-refractivity contribution in [1.29, 1.82) is 0 Å². The number of thiazole rings is 1. The van der Waals surface area contributed by atoms with Crippen LogP contribution in [0.5, 0.6) is 0 Å². The molecule has 0 atom stereocenters. The van der Waals surface area contributed by atoms with Gasteiger partial charge in [0.1, 0.15) is 5.82 Å². The van der Waals surface area contributed by atoms with Crippen LogP contribution >= 0.6 is 11.3 Å². The highest BCUT2D eigenvalue weighted by molar-refractivity contribution is 7.22. The number of hydrogen-bond donors (Lipinski definition) is 1. The van der Waals surface area contributed by atoms with Gasteiger partial charge < -0.3 is 10.2 Å². The molecule has 3 nitrogen and oxygen atoms in total. The average Bonchev–Trinajstić information content (AvgIpc) is 2.94. The maximum Gasteiger partial charge on any atom is 0.184 e. The Kier molecular flexibility index (Phi) is 4.24. The first kappa shape index (κ1) is 14.8. The lowest BCUT2D eigenvalue weighted by Gasteiger charge is -2.20. The molecule has 1 N–H and O–H groups in total. The third kappa shape index (κ3) is 3.04. The third-order valence-corrected chi connectivity index (χ3v) is 4.63. The summed E-state index contributed by atoms with van der Waals surface area (Å²) in [4.78, 5) is 6.70. The predicted octanol–water partition coefficient (Wildman–Crippen LogP) is 4.50. The van der Waals surface area contributed by atoms with Crippen molar-refractivity contribution in [1.82, 2.24) is 4.98 Å². The van der Waals surface area contributed by atoms with E-state index in [1.165, 1.54) is 34.7 Å². The summed E-state index contributed by atoms with van der Waals surface area (Å²) in [6.07, 6.45) is 0. The zero-order valence-electron chi connectivity index (χ0n) is 12.6. The second-order valence-electron chi connectivity index (χ2n) is 5.13. The van der Waals surface area contributed by atoms with Crippen LogP contribution in [0, 0.1) is 5.82 Å². The zero-order valence-corrected chi connectivity index (χ0v) is 13.5. The molecule has 0 saturated heterocycles. The van der Waals surface area contributed by atoms with Gasteiger partial charge in [-0.1, -0.05) is 29.5 Å². The first-order chi connectivity index (χ1) is 10.7. The summed E-state index contributed by atoms with van der Waals surface area (Å²) in [5.74, 6) is -0.224. The maximum absolute atomic E-state index is 13.2. The second-order valence-corrected chi connectivity index (χ2v) is 6.16.